The molecule has 2 aromatic carbocycles. The maximum absolute atomic E-state index is 14.5. The topological polar surface area (TPSA) is 116 Å². The van der Waals surface area contributed by atoms with Crippen LogP contribution in [0.3, 0.4) is 0 Å². The fourth-order valence-electron chi connectivity index (χ4n) is 5.67. The van der Waals surface area contributed by atoms with E-state index in [4.69, 9.17) is 32.6 Å². The van der Waals surface area contributed by atoms with E-state index in [0.717, 1.165) is 5.56 Å². The van der Waals surface area contributed by atoms with Crippen molar-refractivity contribution in [3.05, 3.63) is 81.5 Å². The Morgan fingerprint density at radius 3 is 2.56 bits per heavy atom. The van der Waals surface area contributed by atoms with Crippen molar-refractivity contribution >= 4 is 40.5 Å². The molecule has 2 aliphatic heterocycles. The summed E-state index contributed by atoms with van der Waals surface area (Å²) in [6.07, 6.45) is 1.51. The smallest absolute Gasteiger partial charge is 0.319 e. The number of aryl methyl sites for hydroxylation is 1. The van der Waals surface area contributed by atoms with E-state index in [1.807, 2.05) is 43.5 Å². The largest absolute Gasteiger partial charge is 0.480 e. The molecule has 41 heavy (non-hydrogen) atoms. The van der Waals surface area contributed by atoms with Crippen LogP contribution in [0.25, 0.3) is 16.2 Å². The van der Waals surface area contributed by atoms with Crippen LogP contribution in [0.4, 0.5) is 17.1 Å². The third-order valence-corrected chi connectivity index (χ3v) is 7.54. The summed E-state index contributed by atoms with van der Waals surface area (Å²) in [5.74, 6) is -0.461. The molecule has 0 bridgehead atoms. The lowest BCUT2D eigenvalue weighted by molar-refractivity contribution is -0.119. The normalized spacial score (nSPS) is 17.1. The van der Waals surface area contributed by atoms with Crippen molar-refractivity contribution in [1.29, 1.82) is 0 Å². The highest BCUT2D eigenvalue weighted by Crippen LogP contribution is 2.55. The number of carbonyl (C=O) groups is 2. The van der Waals surface area contributed by atoms with Gasteiger partial charge < -0.3 is 19.4 Å². The molecule has 0 saturated heterocycles. The van der Waals surface area contributed by atoms with E-state index in [-0.39, 0.29) is 35.0 Å². The van der Waals surface area contributed by atoms with E-state index < -0.39 is 17.4 Å². The number of carbonyl (C=O) groups excluding carboxylic acids is 2. The summed E-state index contributed by atoms with van der Waals surface area (Å²) in [6.45, 7) is 13.6. The van der Waals surface area contributed by atoms with E-state index in [9.17, 15) is 9.59 Å². The molecule has 11 nitrogen and oxygen atoms in total. The summed E-state index contributed by atoms with van der Waals surface area (Å²) >= 11 is 6.38. The van der Waals surface area contributed by atoms with Crippen LogP contribution >= 0.6 is 11.6 Å². The monoisotopic (exact) mass is 569 g/mol. The number of rotatable bonds is 5. The molecule has 0 saturated carbocycles. The molecule has 206 valence electrons. The van der Waals surface area contributed by atoms with Gasteiger partial charge in [0.15, 0.2) is 11.2 Å². The van der Waals surface area contributed by atoms with Gasteiger partial charge in [-0.25, -0.2) is 14.8 Å². The molecule has 0 aliphatic carbocycles. The van der Waals surface area contributed by atoms with E-state index in [2.05, 4.69) is 20.1 Å². The fourth-order valence-corrected chi connectivity index (χ4v) is 5.84. The zero-order valence-electron chi connectivity index (χ0n) is 22.8. The predicted molar refractivity (Wildman–Crippen MR) is 152 cm³/mol. The highest BCUT2D eigenvalue weighted by molar-refractivity contribution is 6.31. The van der Waals surface area contributed by atoms with Gasteiger partial charge in [0.05, 0.1) is 37.7 Å². The number of anilines is 2. The van der Waals surface area contributed by atoms with Gasteiger partial charge in [0.1, 0.15) is 5.82 Å². The number of nitrogens with one attached hydrogen (secondary N) is 1. The number of amides is 2. The lowest BCUT2D eigenvalue weighted by Gasteiger charge is -2.36. The number of halogens is 1. The van der Waals surface area contributed by atoms with E-state index in [1.54, 1.807) is 6.07 Å². The molecule has 4 aromatic rings. The van der Waals surface area contributed by atoms with Crippen LogP contribution in [0, 0.1) is 13.5 Å². The summed E-state index contributed by atoms with van der Waals surface area (Å²) < 4.78 is 12.5. The van der Waals surface area contributed by atoms with Crippen molar-refractivity contribution < 1.29 is 19.1 Å². The molecule has 0 fully saturated rings. The lowest BCUT2D eigenvalue weighted by atomic mass is 9.86. The highest BCUT2D eigenvalue weighted by atomic mass is 35.5. The van der Waals surface area contributed by atoms with Gasteiger partial charge in [0.25, 0.3) is 11.8 Å². The number of ether oxygens (including phenoxy) is 2. The van der Waals surface area contributed by atoms with Gasteiger partial charge in [0.2, 0.25) is 11.6 Å². The van der Waals surface area contributed by atoms with Crippen molar-refractivity contribution in [2.45, 2.75) is 32.4 Å². The van der Waals surface area contributed by atoms with Gasteiger partial charge in [-0.05, 0) is 38.5 Å². The highest BCUT2D eigenvalue weighted by Gasteiger charge is 2.64. The first-order chi connectivity index (χ1) is 19.7. The number of imidazole rings is 1. The molecular weight excluding hydrogens is 546 g/mol. The average molecular weight is 570 g/mol. The van der Waals surface area contributed by atoms with Crippen LogP contribution in [-0.2, 0) is 10.3 Å². The predicted octanol–water partition coefficient (Wildman–Crippen LogP) is 5.31. The zero-order valence-corrected chi connectivity index (χ0v) is 23.6. The molecule has 1 spiro atoms. The Hall–Kier alpha value is -4.95. The third kappa shape index (κ3) is 3.54. The molecule has 6 rings (SSSR count). The van der Waals surface area contributed by atoms with E-state index in [0.29, 0.717) is 33.4 Å². The first kappa shape index (κ1) is 26.3. The minimum Gasteiger partial charge on any atom is -0.480 e. The summed E-state index contributed by atoms with van der Waals surface area (Å²) in [6, 6.07) is 10.0. The second kappa shape index (κ2) is 9.31. The van der Waals surface area contributed by atoms with Crippen molar-refractivity contribution in [2.24, 2.45) is 0 Å². The molecule has 0 radical (unpaired) electrons. The van der Waals surface area contributed by atoms with Crippen LogP contribution in [-0.4, -0.2) is 45.6 Å². The van der Waals surface area contributed by atoms with Crippen molar-refractivity contribution in [1.82, 2.24) is 19.5 Å². The number of hydrogen-bond donors (Lipinski definition) is 1. The summed E-state index contributed by atoms with van der Waals surface area (Å²) in [5, 5.41) is 3.30. The van der Waals surface area contributed by atoms with Crippen molar-refractivity contribution in [3.8, 4) is 23.3 Å². The third-order valence-electron chi connectivity index (χ3n) is 7.30. The number of methoxy groups -OCH3 is 2. The summed E-state index contributed by atoms with van der Waals surface area (Å²) in [4.78, 5) is 47.2. The SMILES string of the molecule is [C-]#[N+]c1ccc(Cl)cc1N1C(=O)c2nc(-c3cnc(OC)nc3OC)n(C(C)C)c2C12C(=O)Nc1cc(C)ccc12. The van der Waals surface area contributed by atoms with E-state index in [1.165, 1.54) is 37.4 Å². The maximum atomic E-state index is 14.5. The summed E-state index contributed by atoms with van der Waals surface area (Å²) in [7, 11) is 2.91. The fraction of sp³-hybridized carbons (Fsp3) is 0.241. The van der Waals surface area contributed by atoms with Crippen LogP contribution in [0.5, 0.6) is 11.9 Å². The standard InChI is InChI=1S/C29H24ClN7O4/c1-14(2)36-23-22(34-24(36)17-13-32-28(41-6)35-25(17)40-5)26(38)37(21-12-16(30)8-10-19(21)31-4)29(23)18-9-7-15(3)11-20(18)33-27(29)39/h7-14H,1-3,5-6H3,(H,33,39). The Balaban J connectivity index is 1.74. The van der Waals surface area contributed by atoms with Gasteiger partial charge in [-0.15, -0.1) is 0 Å². The van der Waals surface area contributed by atoms with Crippen molar-refractivity contribution in [3.63, 3.8) is 0 Å². The zero-order chi connectivity index (χ0) is 29.2. The number of aromatic nitrogens is 4. The number of fused-ring (bicyclic) bond motifs is 4. The molecule has 2 aromatic heterocycles. The van der Waals surface area contributed by atoms with Crippen LogP contribution < -0.4 is 19.7 Å². The maximum Gasteiger partial charge on any atom is 0.319 e. The first-order valence-corrected chi connectivity index (χ1v) is 13.1. The molecule has 1 atom stereocenters. The van der Waals surface area contributed by atoms with E-state index >= 15 is 0 Å². The molecule has 12 heteroatoms. The minimum absolute atomic E-state index is 0.0612. The Kier molecular flexibility index (Phi) is 5.97. The van der Waals surface area contributed by atoms with Crippen LogP contribution in [0.15, 0.2) is 42.6 Å². The van der Waals surface area contributed by atoms with Gasteiger partial charge in [-0.1, -0.05) is 35.9 Å². The number of benzene rings is 2. The minimum atomic E-state index is -1.68. The number of hydrogen-bond acceptors (Lipinski definition) is 7. The second-order valence-electron chi connectivity index (χ2n) is 9.98. The molecule has 1 N–H and O–H groups in total. The Labute approximate surface area is 240 Å². The van der Waals surface area contributed by atoms with Gasteiger partial charge in [-0.3, -0.25) is 14.5 Å². The lowest BCUT2D eigenvalue weighted by Crippen LogP contribution is -2.51. The van der Waals surface area contributed by atoms with Crippen LogP contribution in [0.1, 0.15) is 47.2 Å². The quantitative estimate of drug-likeness (QED) is 0.324. The molecule has 1 unspecified atom stereocenters. The summed E-state index contributed by atoms with van der Waals surface area (Å²) in [5.41, 5.74) is 1.59. The van der Waals surface area contributed by atoms with Gasteiger partial charge in [-0.2, -0.15) is 4.98 Å². The Morgan fingerprint density at radius 1 is 1.10 bits per heavy atom. The first-order valence-electron chi connectivity index (χ1n) is 12.7. The van der Waals surface area contributed by atoms with Gasteiger partial charge in [0, 0.05) is 28.5 Å². The number of nitrogens with zero attached hydrogens (tertiary/aromatic N) is 6. The van der Waals surface area contributed by atoms with Gasteiger partial charge >= 0.3 is 6.01 Å². The Bertz CT molecular complexity index is 1830. The molecule has 2 aliphatic rings. The molecule has 4 heterocycles. The Morgan fingerprint density at radius 2 is 1.88 bits per heavy atom. The average Bonchev–Trinajstić information content (AvgIpc) is 3.56. The molecule has 2 amide bonds. The van der Waals surface area contributed by atoms with Crippen molar-refractivity contribution in [2.75, 3.05) is 24.4 Å². The van der Waals surface area contributed by atoms with Crippen LogP contribution in [0.2, 0.25) is 5.02 Å². The second-order valence-corrected chi connectivity index (χ2v) is 10.4. The molecular formula is C29H24ClN7O4.